The number of ether oxygens (including phenoxy) is 1. The van der Waals surface area contributed by atoms with Crippen molar-refractivity contribution in [2.75, 3.05) is 19.6 Å². The van der Waals surface area contributed by atoms with Gasteiger partial charge in [-0.05, 0) is 33.3 Å². The van der Waals surface area contributed by atoms with Crippen molar-refractivity contribution in [1.82, 2.24) is 20.0 Å². The Bertz CT molecular complexity index is 458. The molecule has 6 heteroatoms. The van der Waals surface area contributed by atoms with E-state index in [0.717, 1.165) is 13.1 Å². The first-order valence-electron chi connectivity index (χ1n) is 7.04. The van der Waals surface area contributed by atoms with Crippen LogP contribution in [-0.2, 0) is 11.3 Å². The van der Waals surface area contributed by atoms with Crippen molar-refractivity contribution < 1.29 is 9.53 Å². The number of carbonyl (C=O) groups excluding carboxylic acids is 1. The maximum Gasteiger partial charge on any atom is 0.410 e. The van der Waals surface area contributed by atoms with Crippen LogP contribution in [0.5, 0.6) is 0 Å². The Labute approximate surface area is 120 Å². The van der Waals surface area contributed by atoms with E-state index in [-0.39, 0.29) is 6.09 Å². The smallest absolute Gasteiger partial charge is 0.410 e. The van der Waals surface area contributed by atoms with Crippen LogP contribution in [0, 0.1) is 6.92 Å². The molecule has 6 nitrogen and oxygen atoms in total. The quantitative estimate of drug-likeness (QED) is 0.905. The molecule has 1 aliphatic heterocycles. The Hall–Kier alpha value is -1.56. The summed E-state index contributed by atoms with van der Waals surface area (Å²) < 4.78 is 7.23. The number of nitrogens with one attached hydrogen (secondary N) is 1. The molecule has 0 spiro atoms. The standard InChI is InChI=1S/C14H24N4O2/c1-11-7-16-18(8-11)6-5-15-12-9-17(10-12)13(19)20-14(2,3)4/h7-8,12,15H,5-6,9-10H2,1-4H3. The van der Waals surface area contributed by atoms with Crippen molar-refractivity contribution >= 4 is 6.09 Å². The van der Waals surface area contributed by atoms with E-state index < -0.39 is 5.60 Å². The van der Waals surface area contributed by atoms with Gasteiger partial charge in [-0.25, -0.2) is 4.79 Å². The van der Waals surface area contributed by atoms with Gasteiger partial charge in [-0.1, -0.05) is 0 Å². The molecule has 1 saturated heterocycles. The summed E-state index contributed by atoms with van der Waals surface area (Å²) in [6.07, 6.45) is 3.65. The van der Waals surface area contributed by atoms with E-state index in [1.54, 1.807) is 4.90 Å². The second kappa shape index (κ2) is 5.83. The predicted octanol–water partition coefficient (Wildman–Crippen LogP) is 1.40. The van der Waals surface area contributed by atoms with Crippen molar-refractivity contribution in [3.05, 3.63) is 18.0 Å². The maximum atomic E-state index is 11.7. The molecule has 0 radical (unpaired) electrons. The fraction of sp³-hybridized carbons (Fsp3) is 0.714. The monoisotopic (exact) mass is 280 g/mol. The normalized spacial score (nSPS) is 16.1. The SMILES string of the molecule is Cc1cnn(CCNC2CN(C(=O)OC(C)(C)C)C2)c1. The highest BCUT2D eigenvalue weighted by atomic mass is 16.6. The van der Waals surface area contributed by atoms with Gasteiger partial charge in [-0.15, -0.1) is 0 Å². The molecule has 0 atom stereocenters. The van der Waals surface area contributed by atoms with Crippen LogP contribution in [0.1, 0.15) is 26.3 Å². The van der Waals surface area contributed by atoms with E-state index >= 15 is 0 Å². The van der Waals surface area contributed by atoms with Gasteiger partial charge in [0.2, 0.25) is 0 Å². The molecule has 0 bridgehead atoms. The van der Waals surface area contributed by atoms with Gasteiger partial charge >= 0.3 is 6.09 Å². The molecule has 2 heterocycles. The van der Waals surface area contributed by atoms with Gasteiger partial charge in [-0.3, -0.25) is 4.68 Å². The fourth-order valence-electron chi connectivity index (χ4n) is 2.06. The zero-order valence-electron chi connectivity index (χ0n) is 12.7. The van der Waals surface area contributed by atoms with Crippen molar-refractivity contribution in [3.8, 4) is 0 Å². The average Bonchev–Trinajstić information content (AvgIpc) is 2.64. The summed E-state index contributed by atoms with van der Waals surface area (Å²) in [7, 11) is 0. The van der Waals surface area contributed by atoms with Gasteiger partial charge in [-0.2, -0.15) is 5.10 Å². The number of amides is 1. The first kappa shape index (κ1) is 14.8. The molecule has 1 aromatic rings. The number of carbonyl (C=O) groups is 1. The van der Waals surface area contributed by atoms with Crippen LogP contribution < -0.4 is 5.32 Å². The lowest BCUT2D eigenvalue weighted by Crippen LogP contribution is -2.60. The molecule has 0 aliphatic carbocycles. The highest BCUT2D eigenvalue weighted by Gasteiger charge is 2.33. The van der Waals surface area contributed by atoms with Crippen molar-refractivity contribution in [2.24, 2.45) is 0 Å². The molecule has 1 N–H and O–H groups in total. The van der Waals surface area contributed by atoms with Gasteiger partial charge < -0.3 is 15.0 Å². The number of aromatic nitrogens is 2. The summed E-state index contributed by atoms with van der Waals surface area (Å²) in [5.74, 6) is 0. The van der Waals surface area contributed by atoms with Crippen molar-refractivity contribution in [1.29, 1.82) is 0 Å². The molecule has 0 aromatic carbocycles. The van der Waals surface area contributed by atoms with Crippen LogP contribution in [0.15, 0.2) is 12.4 Å². The molecule has 1 aliphatic rings. The van der Waals surface area contributed by atoms with Crippen molar-refractivity contribution in [2.45, 2.75) is 45.9 Å². The third-order valence-electron chi connectivity index (χ3n) is 3.07. The molecular weight excluding hydrogens is 256 g/mol. The Morgan fingerprint density at radius 2 is 2.20 bits per heavy atom. The van der Waals surface area contributed by atoms with Crippen LogP contribution in [0.25, 0.3) is 0 Å². The molecule has 1 amide bonds. The summed E-state index contributed by atoms with van der Waals surface area (Å²) in [6, 6.07) is 0.360. The van der Waals surface area contributed by atoms with Gasteiger partial charge in [0.1, 0.15) is 5.60 Å². The largest absolute Gasteiger partial charge is 0.444 e. The summed E-state index contributed by atoms with van der Waals surface area (Å²) >= 11 is 0. The third-order valence-corrected chi connectivity index (χ3v) is 3.07. The molecule has 2 rings (SSSR count). The zero-order valence-corrected chi connectivity index (χ0v) is 12.7. The van der Waals surface area contributed by atoms with E-state index in [2.05, 4.69) is 10.4 Å². The van der Waals surface area contributed by atoms with Crippen LogP contribution in [0.2, 0.25) is 0 Å². The van der Waals surface area contributed by atoms with Crippen LogP contribution in [0.4, 0.5) is 4.79 Å². The number of hydrogen-bond acceptors (Lipinski definition) is 4. The first-order valence-corrected chi connectivity index (χ1v) is 7.04. The molecule has 112 valence electrons. The topological polar surface area (TPSA) is 59.4 Å². The third kappa shape index (κ3) is 4.23. The van der Waals surface area contributed by atoms with Crippen LogP contribution in [-0.4, -0.2) is 52.1 Å². The van der Waals surface area contributed by atoms with Crippen molar-refractivity contribution in [3.63, 3.8) is 0 Å². The lowest BCUT2D eigenvalue weighted by molar-refractivity contribution is 0.00529. The van der Waals surface area contributed by atoms with Crippen LogP contribution >= 0.6 is 0 Å². The minimum Gasteiger partial charge on any atom is -0.444 e. The number of hydrogen-bond donors (Lipinski definition) is 1. The number of rotatable bonds is 4. The number of aryl methyl sites for hydroxylation is 1. The Morgan fingerprint density at radius 1 is 1.50 bits per heavy atom. The van der Waals surface area contributed by atoms with Gasteiger partial charge in [0.25, 0.3) is 0 Å². The molecular formula is C14H24N4O2. The fourth-order valence-corrected chi connectivity index (χ4v) is 2.06. The molecule has 1 fully saturated rings. The Balaban J connectivity index is 1.61. The maximum absolute atomic E-state index is 11.7. The predicted molar refractivity (Wildman–Crippen MR) is 76.6 cm³/mol. The van der Waals surface area contributed by atoms with Gasteiger partial charge in [0.05, 0.1) is 12.7 Å². The zero-order chi connectivity index (χ0) is 14.8. The number of nitrogens with zero attached hydrogens (tertiary/aromatic N) is 3. The number of likely N-dealkylation sites (tertiary alicyclic amines) is 1. The summed E-state index contributed by atoms with van der Waals surface area (Å²) in [4.78, 5) is 13.5. The second-order valence-corrected chi connectivity index (χ2v) is 6.32. The second-order valence-electron chi connectivity index (χ2n) is 6.32. The lowest BCUT2D eigenvalue weighted by atomic mass is 10.1. The summed E-state index contributed by atoms with van der Waals surface area (Å²) in [5.41, 5.74) is 0.748. The van der Waals surface area contributed by atoms with E-state index in [9.17, 15) is 4.79 Å². The minimum atomic E-state index is -0.423. The van der Waals surface area contributed by atoms with E-state index in [1.807, 2.05) is 44.8 Å². The highest BCUT2D eigenvalue weighted by Crippen LogP contribution is 2.14. The molecule has 0 saturated carbocycles. The Kier molecular flexibility index (Phi) is 4.32. The van der Waals surface area contributed by atoms with Gasteiger partial charge in [0.15, 0.2) is 0 Å². The van der Waals surface area contributed by atoms with Crippen LogP contribution in [0.3, 0.4) is 0 Å². The minimum absolute atomic E-state index is 0.224. The van der Waals surface area contributed by atoms with E-state index in [1.165, 1.54) is 5.56 Å². The Morgan fingerprint density at radius 3 is 2.75 bits per heavy atom. The molecule has 20 heavy (non-hydrogen) atoms. The van der Waals surface area contributed by atoms with E-state index in [4.69, 9.17) is 4.74 Å². The lowest BCUT2D eigenvalue weighted by Gasteiger charge is -2.40. The van der Waals surface area contributed by atoms with E-state index in [0.29, 0.717) is 19.1 Å². The molecule has 0 unspecified atom stereocenters. The highest BCUT2D eigenvalue weighted by molar-refractivity contribution is 5.69. The first-order chi connectivity index (χ1) is 9.33. The molecule has 1 aromatic heterocycles. The summed E-state index contributed by atoms with van der Waals surface area (Å²) in [5, 5.41) is 7.65. The van der Waals surface area contributed by atoms with Gasteiger partial charge in [0, 0.05) is 31.9 Å². The average molecular weight is 280 g/mol. The summed E-state index contributed by atoms with van der Waals surface area (Å²) in [6.45, 7) is 10.8.